The number of hydrogen-bond acceptors (Lipinski definition) is 6. The Morgan fingerprint density at radius 1 is 1.14 bits per heavy atom. The zero-order chi connectivity index (χ0) is 26.9. The van der Waals surface area contributed by atoms with Crippen LogP contribution in [0.25, 0.3) is 22.0 Å². The zero-order valence-electron chi connectivity index (χ0n) is 22.1. The van der Waals surface area contributed by atoms with E-state index in [-0.39, 0.29) is 5.91 Å². The Morgan fingerprint density at radius 3 is 2.41 bits per heavy atom. The van der Waals surface area contributed by atoms with E-state index in [1.54, 1.807) is 31.6 Å². The van der Waals surface area contributed by atoms with Crippen LogP contribution in [0.4, 0.5) is 0 Å². The molecule has 1 aliphatic carbocycles. The summed E-state index contributed by atoms with van der Waals surface area (Å²) in [6.07, 6.45) is 7.59. The first-order chi connectivity index (χ1) is 17.8. The number of primary amides is 1. The van der Waals surface area contributed by atoms with E-state index in [1.807, 2.05) is 37.4 Å². The lowest BCUT2D eigenvalue weighted by molar-refractivity contribution is -0.118. The van der Waals surface area contributed by atoms with Gasteiger partial charge in [-0.15, -0.1) is 11.3 Å². The number of nitrogens with zero attached hydrogens (tertiary/aromatic N) is 2. The number of amides is 1. The molecule has 1 amide bonds. The van der Waals surface area contributed by atoms with E-state index in [4.69, 9.17) is 20.2 Å². The van der Waals surface area contributed by atoms with E-state index in [9.17, 15) is 14.7 Å². The predicted molar refractivity (Wildman–Crippen MR) is 146 cm³/mol. The van der Waals surface area contributed by atoms with Gasteiger partial charge in [-0.2, -0.15) is 0 Å². The summed E-state index contributed by atoms with van der Waals surface area (Å²) in [6, 6.07) is 7.51. The van der Waals surface area contributed by atoms with Crippen molar-refractivity contribution in [2.45, 2.75) is 65.3 Å². The predicted octanol–water partition coefficient (Wildman–Crippen LogP) is 6.15. The average Bonchev–Trinajstić information content (AvgIpc) is 3.50. The molecule has 200 valence electrons. The molecule has 37 heavy (non-hydrogen) atoms. The van der Waals surface area contributed by atoms with Crippen molar-refractivity contribution in [3.8, 4) is 33.5 Å². The van der Waals surface area contributed by atoms with Crippen LogP contribution in [0.3, 0.4) is 0 Å². The summed E-state index contributed by atoms with van der Waals surface area (Å²) in [7, 11) is 3.23. The second-order valence-corrected chi connectivity index (χ2v) is 10.1. The van der Waals surface area contributed by atoms with Crippen LogP contribution in [-0.4, -0.2) is 40.8 Å². The number of methoxy groups -OCH3 is 2. The summed E-state index contributed by atoms with van der Waals surface area (Å²) >= 11 is 1.54. The minimum atomic E-state index is -0.892. The lowest BCUT2D eigenvalue weighted by atomic mass is 9.89. The van der Waals surface area contributed by atoms with Gasteiger partial charge in [0.05, 0.1) is 31.2 Å². The molecule has 0 unspecified atom stereocenters. The number of benzene rings is 1. The molecular formula is C28H37N3O5S. The van der Waals surface area contributed by atoms with Crippen LogP contribution in [0.2, 0.25) is 0 Å². The minimum Gasteiger partial charge on any atom is -0.493 e. The quantitative estimate of drug-likeness (QED) is 0.344. The molecule has 1 fully saturated rings. The summed E-state index contributed by atoms with van der Waals surface area (Å²) in [5, 5.41) is 12.6. The molecular weight excluding hydrogens is 490 g/mol. The van der Waals surface area contributed by atoms with Crippen LogP contribution < -0.4 is 15.2 Å². The van der Waals surface area contributed by atoms with E-state index < -0.39 is 5.97 Å². The Bertz CT molecular complexity index is 1210. The third-order valence-electron chi connectivity index (χ3n) is 6.66. The van der Waals surface area contributed by atoms with Gasteiger partial charge in [0.25, 0.3) is 0 Å². The van der Waals surface area contributed by atoms with Crippen LogP contribution >= 0.6 is 11.3 Å². The van der Waals surface area contributed by atoms with Crippen molar-refractivity contribution in [3.63, 3.8) is 0 Å². The number of nitrogens with two attached hydrogens (primary N) is 1. The number of thiazole rings is 1. The van der Waals surface area contributed by atoms with E-state index in [2.05, 4.69) is 4.57 Å². The molecule has 3 aromatic rings. The fourth-order valence-electron chi connectivity index (χ4n) is 4.68. The van der Waals surface area contributed by atoms with Crippen molar-refractivity contribution in [2.75, 3.05) is 14.2 Å². The smallest absolute Gasteiger partial charge is 0.337 e. The summed E-state index contributed by atoms with van der Waals surface area (Å²) in [4.78, 5) is 26.5. The number of rotatable bonds is 9. The van der Waals surface area contributed by atoms with E-state index in [0.717, 1.165) is 40.6 Å². The van der Waals surface area contributed by atoms with Gasteiger partial charge in [-0.05, 0) is 56.4 Å². The van der Waals surface area contributed by atoms with Crippen LogP contribution in [0.1, 0.15) is 67.9 Å². The molecule has 0 atom stereocenters. The van der Waals surface area contributed by atoms with Crippen LogP contribution in [0.5, 0.6) is 11.5 Å². The lowest BCUT2D eigenvalue weighted by Gasteiger charge is -2.24. The minimum absolute atomic E-state index is 0.211. The molecule has 0 spiro atoms. The van der Waals surface area contributed by atoms with Crippen molar-refractivity contribution in [1.29, 1.82) is 0 Å². The monoisotopic (exact) mass is 527 g/mol. The SMILES string of the molecule is CCCC(N)=O.COc1ccc(-c2nc(-c3cc(C(=O)O)c(C)n3CC3CCCCC3)cs2)cc1OC. The summed E-state index contributed by atoms with van der Waals surface area (Å²) < 4.78 is 12.9. The lowest BCUT2D eigenvalue weighted by Crippen LogP contribution is -2.16. The second kappa shape index (κ2) is 13.3. The first-order valence-electron chi connectivity index (χ1n) is 12.7. The fourth-order valence-corrected chi connectivity index (χ4v) is 5.49. The number of aromatic carboxylic acids is 1. The third kappa shape index (κ3) is 7.13. The molecule has 1 aliphatic rings. The molecule has 0 saturated heterocycles. The van der Waals surface area contributed by atoms with Crippen LogP contribution in [0, 0.1) is 12.8 Å². The molecule has 8 nitrogen and oxygen atoms in total. The highest BCUT2D eigenvalue weighted by Gasteiger charge is 2.23. The maximum absolute atomic E-state index is 11.8. The van der Waals surface area contributed by atoms with Crippen molar-refractivity contribution < 1.29 is 24.2 Å². The zero-order valence-corrected chi connectivity index (χ0v) is 22.9. The van der Waals surface area contributed by atoms with Crippen LogP contribution in [-0.2, 0) is 11.3 Å². The second-order valence-electron chi connectivity index (χ2n) is 9.27. The molecule has 3 N–H and O–H groups in total. The van der Waals surface area contributed by atoms with Gasteiger partial charge in [-0.3, -0.25) is 4.79 Å². The standard InChI is InChI=1S/C24H28N2O4S.C4H9NO/c1-15-18(24(27)28)12-20(26(15)13-16-7-5-4-6-8-16)19-14-31-23(25-19)17-9-10-21(29-2)22(11-17)30-3;1-2-3-4(5)6/h9-12,14,16H,4-8,13H2,1-3H3,(H,27,28);2-3H2,1H3,(H2,5,6). The maximum atomic E-state index is 11.8. The summed E-state index contributed by atoms with van der Waals surface area (Å²) in [5.41, 5.74) is 8.54. The van der Waals surface area contributed by atoms with Crippen molar-refractivity contribution in [1.82, 2.24) is 9.55 Å². The first kappa shape index (κ1) is 28.2. The number of carbonyl (C=O) groups excluding carboxylic acids is 1. The normalized spacial score (nSPS) is 13.5. The molecule has 0 bridgehead atoms. The Morgan fingerprint density at radius 2 is 1.84 bits per heavy atom. The number of carboxylic acids is 1. The molecule has 1 saturated carbocycles. The topological polar surface area (TPSA) is 117 Å². The number of carbonyl (C=O) groups is 2. The highest BCUT2D eigenvalue weighted by atomic mass is 32.1. The molecule has 1 aromatic carbocycles. The molecule has 2 heterocycles. The van der Waals surface area contributed by atoms with Gasteiger partial charge in [-0.25, -0.2) is 9.78 Å². The Balaban J connectivity index is 0.000000568. The van der Waals surface area contributed by atoms with Crippen molar-refractivity contribution in [2.24, 2.45) is 11.7 Å². The van der Waals surface area contributed by atoms with Crippen molar-refractivity contribution in [3.05, 3.63) is 40.9 Å². The van der Waals surface area contributed by atoms with Gasteiger partial charge in [0.2, 0.25) is 5.91 Å². The number of aromatic nitrogens is 2. The number of hydrogen-bond donors (Lipinski definition) is 2. The third-order valence-corrected chi connectivity index (χ3v) is 7.55. The van der Waals surface area contributed by atoms with Crippen molar-refractivity contribution >= 4 is 23.2 Å². The van der Waals surface area contributed by atoms with Crippen LogP contribution in [0.15, 0.2) is 29.6 Å². The molecule has 4 rings (SSSR count). The fraction of sp³-hybridized carbons (Fsp3) is 0.464. The van der Waals surface area contributed by atoms with Gasteiger partial charge in [0.1, 0.15) is 5.01 Å². The molecule has 0 aliphatic heterocycles. The first-order valence-corrected chi connectivity index (χ1v) is 13.6. The van der Waals surface area contributed by atoms with Gasteiger partial charge >= 0.3 is 5.97 Å². The number of ether oxygens (including phenoxy) is 2. The average molecular weight is 528 g/mol. The van der Waals surface area contributed by atoms with E-state index >= 15 is 0 Å². The largest absolute Gasteiger partial charge is 0.493 e. The van der Waals surface area contributed by atoms with E-state index in [0.29, 0.717) is 29.4 Å². The van der Waals surface area contributed by atoms with Gasteiger partial charge in [0, 0.05) is 29.6 Å². The Kier molecular flexibility index (Phi) is 10.1. The van der Waals surface area contributed by atoms with E-state index in [1.165, 1.54) is 32.1 Å². The summed E-state index contributed by atoms with van der Waals surface area (Å²) in [5.74, 6) is 0.811. The summed E-state index contributed by atoms with van der Waals surface area (Å²) in [6.45, 7) is 4.67. The Labute approximate surface area is 222 Å². The maximum Gasteiger partial charge on any atom is 0.337 e. The van der Waals surface area contributed by atoms with Gasteiger partial charge < -0.3 is 24.9 Å². The number of carboxylic acid groups (broad SMARTS) is 1. The molecule has 9 heteroatoms. The van der Waals surface area contributed by atoms with Gasteiger partial charge in [0.15, 0.2) is 11.5 Å². The van der Waals surface area contributed by atoms with Gasteiger partial charge in [-0.1, -0.05) is 26.2 Å². The highest BCUT2D eigenvalue weighted by molar-refractivity contribution is 7.13. The molecule has 0 radical (unpaired) electrons. The highest BCUT2D eigenvalue weighted by Crippen LogP contribution is 2.37. The Hall–Kier alpha value is -3.33. The molecule has 2 aromatic heterocycles.